The number of carbonyl (C=O) groups is 1. The second-order valence-corrected chi connectivity index (χ2v) is 4.22. The molecule has 0 atom stereocenters. The van der Waals surface area contributed by atoms with E-state index in [4.69, 9.17) is 10.5 Å². The van der Waals surface area contributed by atoms with E-state index >= 15 is 0 Å². The fourth-order valence-corrected chi connectivity index (χ4v) is 1.76. The van der Waals surface area contributed by atoms with Gasteiger partial charge in [0.2, 0.25) is 0 Å². The third-order valence-electron chi connectivity index (χ3n) is 2.02. The number of hydrogen-bond acceptors (Lipinski definition) is 5. The molecule has 0 unspecified atom stereocenters. The fraction of sp³-hybridized carbons (Fsp3) is 0.0909. The van der Waals surface area contributed by atoms with Gasteiger partial charge in [-0.3, -0.25) is 0 Å². The molecule has 0 spiro atoms. The Kier molecular flexibility index (Phi) is 3.34. The quantitative estimate of drug-likeness (QED) is 0.672. The van der Waals surface area contributed by atoms with Crippen molar-refractivity contribution < 1.29 is 13.9 Å². The molecule has 0 aliphatic heterocycles. The SMILES string of the molecule is Nc1ccc(F)c(C(=O)OCc2nccs2)c1. The Labute approximate surface area is 101 Å². The number of halogens is 1. The first-order chi connectivity index (χ1) is 8.16. The van der Waals surface area contributed by atoms with E-state index in [2.05, 4.69) is 4.98 Å². The van der Waals surface area contributed by atoms with E-state index in [0.29, 0.717) is 10.7 Å². The van der Waals surface area contributed by atoms with Gasteiger partial charge in [-0.15, -0.1) is 11.3 Å². The predicted octanol–water partition coefficient (Wildman–Crippen LogP) is 2.22. The van der Waals surface area contributed by atoms with E-state index in [-0.39, 0.29) is 12.2 Å². The molecule has 0 bridgehead atoms. The van der Waals surface area contributed by atoms with Gasteiger partial charge < -0.3 is 10.5 Å². The van der Waals surface area contributed by atoms with Gasteiger partial charge in [-0.2, -0.15) is 0 Å². The third-order valence-corrected chi connectivity index (χ3v) is 2.77. The van der Waals surface area contributed by atoms with Crippen molar-refractivity contribution in [3.8, 4) is 0 Å². The van der Waals surface area contributed by atoms with Crippen LogP contribution in [-0.4, -0.2) is 11.0 Å². The molecular weight excluding hydrogens is 243 g/mol. The van der Waals surface area contributed by atoms with E-state index in [9.17, 15) is 9.18 Å². The van der Waals surface area contributed by atoms with Crippen molar-refractivity contribution in [2.75, 3.05) is 5.73 Å². The number of aromatic nitrogens is 1. The second kappa shape index (κ2) is 4.92. The summed E-state index contributed by atoms with van der Waals surface area (Å²) in [6.07, 6.45) is 1.61. The number of ether oxygens (including phenoxy) is 1. The van der Waals surface area contributed by atoms with Crippen molar-refractivity contribution in [1.82, 2.24) is 4.98 Å². The zero-order chi connectivity index (χ0) is 12.3. The minimum Gasteiger partial charge on any atom is -0.455 e. The molecule has 1 aromatic heterocycles. The Bertz CT molecular complexity index is 528. The maximum Gasteiger partial charge on any atom is 0.341 e. The van der Waals surface area contributed by atoms with Crippen LogP contribution >= 0.6 is 11.3 Å². The van der Waals surface area contributed by atoms with Crippen LogP contribution in [0, 0.1) is 5.82 Å². The number of benzene rings is 1. The Morgan fingerprint density at radius 1 is 1.53 bits per heavy atom. The minimum atomic E-state index is -0.745. The summed E-state index contributed by atoms with van der Waals surface area (Å²) in [5.41, 5.74) is 5.62. The number of carbonyl (C=O) groups excluding carboxylic acids is 1. The number of esters is 1. The highest BCUT2D eigenvalue weighted by Crippen LogP contribution is 2.14. The maximum absolute atomic E-state index is 13.3. The lowest BCUT2D eigenvalue weighted by Gasteiger charge is -2.04. The van der Waals surface area contributed by atoms with Crippen LogP contribution in [0.4, 0.5) is 10.1 Å². The van der Waals surface area contributed by atoms with Crippen LogP contribution in [0.25, 0.3) is 0 Å². The average Bonchev–Trinajstić information content (AvgIpc) is 2.82. The van der Waals surface area contributed by atoms with Crippen LogP contribution in [0.5, 0.6) is 0 Å². The highest BCUT2D eigenvalue weighted by Gasteiger charge is 2.14. The van der Waals surface area contributed by atoms with Crippen molar-refractivity contribution in [2.24, 2.45) is 0 Å². The summed E-state index contributed by atoms with van der Waals surface area (Å²) in [7, 11) is 0. The van der Waals surface area contributed by atoms with Crippen molar-refractivity contribution in [1.29, 1.82) is 0 Å². The average molecular weight is 252 g/mol. The van der Waals surface area contributed by atoms with Crippen LogP contribution in [0.2, 0.25) is 0 Å². The summed E-state index contributed by atoms with van der Waals surface area (Å²) in [5.74, 6) is -1.40. The Hall–Kier alpha value is -1.95. The molecule has 4 nitrogen and oxygen atoms in total. The van der Waals surface area contributed by atoms with Gasteiger partial charge in [0.1, 0.15) is 17.4 Å². The molecule has 2 aromatic rings. The molecule has 17 heavy (non-hydrogen) atoms. The fourth-order valence-electron chi connectivity index (χ4n) is 1.23. The van der Waals surface area contributed by atoms with Gasteiger partial charge in [0.05, 0.1) is 5.56 Å². The minimum absolute atomic E-state index is 0.0325. The van der Waals surface area contributed by atoms with Gasteiger partial charge in [-0.25, -0.2) is 14.2 Å². The number of nitrogens with two attached hydrogens (primary N) is 1. The molecule has 0 fully saturated rings. The van der Waals surface area contributed by atoms with Gasteiger partial charge >= 0.3 is 5.97 Å². The zero-order valence-electron chi connectivity index (χ0n) is 8.72. The molecule has 88 valence electrons. The smallest absolute Gasteiger partial charge is 0.341 e. The lowest BCUT2D eigenvalue weighted by molar-refractivity contribution is 0.0467. The lowest BCUT2D eigenvalue weighted by atomic mass is 10.2. The van der Waals surface area contributed by atoms with Gasteiger partial charge in [0, 0.05) is 17.3 Å². The first-order valence-electron chi connectivity index (χ1n) is 4.77. The summed E-state index contributed by atoms with van der Waals surface area (Å²) in [5, 5.41) is 2.42. The maximum atomic E-state index is 13.3. The first kappa shape index (κ1) is 11.5. The van der Waals surface area contributed by atoms with Crippen molar-refractivity contribution in [3.05, 3.63) is 46.2 Å². The summed E-state index contributed by atoms with van der Waals surface area (Å²) in [6.45, 7) is 0.0325. The molecule has 0 aliphatic rings. The van der Waals surface area contributed by atoms with Crippen molar-refractivity contribution >= 4 is 23.0 Å². The largest absolute Gasteiger partial charge is 0.455 e. The zero-order valence-corrected chi connectivity index (χ0v) is 9.54. The molecule has 0 aliphatic carbocycles. The van der Waals surface area contributed by atoms with E-state index in [1.165, 1.54) is 23.5 Å². The van der Waals surface area contributed by atoms with Crippen LogP contribution in [0.15, 0.2) is 29.8 Å². The predicted molar refractivity (Wildman–Crippen MR) is 62.0 cm³/mol. The van der Waals surface area contributed by atoms with Crippen molar-refractivity contribution in [2.45, 2.75) is 6.61 Å². The van der Waals surface area contributed by atoms with Crippen molar-refractivity contribution in [3.63, 3.8) is 0 Å². The van der Waals surface area contributed by atoms with Crippen LogP contribution < -0.4 is 5.73 Å². The Balaban J connectivity index is 2.07. The van der Waals surface area contributed by atoms with E-state index in [1.807, 2.05) is 0 Å². The second-order valence-electron chi connectivity index (χ2n) is 3.24. The standard InChI is InChI=1S/C11H9FN2O2S/c12-9-2-1-7(13)5-8(9)11(15)16-6-10-14-3-4-17-10/h1-5H,6,13H2. The lowest BCUT2D eigenvalue weighted by Crippen LogP contribution is -2.08. The van der Waals surface area contributed by atoms with Crippen LogP contribution in [0.3, 0.4) is 0 Å². The van der Waals surface area contributed by atoms with E-state index in [0.717, 1.165) is 6.07 Å². The first-order valence-corrected chi connectivity index (χ1v) is 5.65. The highest BCUT2D eigenvalue weighted by molar-refractivity contribution is 7.09. The molecule has 0 saturated carbocycles. The van der Waals surface area contributed by atoms with Crippen LogP contribution in [-0.2, 0) is 11.3 Å². The number of hydrogen-bond donors (Lipinski definition) is 1. The summed E-state index contributed by atoms with van der Waals surface area (Å²) < 4.78 is 18.2. The molecular formula is C11H9FN2O2S. The highest BCUT2D eigenvalue weighted by atomic mass is 32.1. The topological polar surface area (TPSA) is 65.2 Å². The normalized spacial score (nSPS) is 10.2. The molecule has 0 saturated heterocycles. The third kappa shape index (κ3) is 2.79. The number of anilines is 1. The molecule has 2 rings (SSSR count). The summed E-state index contributed by atoms with van der Waals surface area (Å²) in [4.78, 5) is 15.5. The molecule has 0 radical (unpaired) electrons. The molecule has 1 aromatic carbocycles. The Morgan fingerprint density at radius 3 is 3.06 bits per heavy atom. The van der Waals surface area contributed by atoms with Crippen LogP contribution in [0.1, 0.15) is 15.4 Å². The molecule has 0 amide bonds. The van der Waals surface area contributed by atoms with E-state index in [1.54, 1.807) is 11.6 Å². The molecule has 1 heterocycles. The van der Waals surface area contributed by atoms with Gasteiger partial charge in [0.15, 0.2) is 0 Å². The summed E-state index contributed by atoms with van der Waals surface area (Å²) >= 11 is 1.36. The van der Waals surface area contributed by atoms with Gasteiger partial charge in [0.25, 0.3) is 0 Å². The molecule has 6 heteroatoms. The number of nitrogen functional groups attached to an aromatic ring is 1. The van der Waals surface area contributed by atoms with Gasteiger partial charge in [-0.05, 0) is 18.2 Å². The van der Waals surface area contributed by atoms with E-state index < -0.39 is 11.8 Å². The monoisotopic (exact) mass is 252 g/mol. The van der Waals surface area contributed by atoms with Gasteiger partial charge in [-0.1, -0.05) is 0 Å². The number of rotatable bonds is 3. The Morgan fingerprint density at radius 2 is 2.35 bits per heavy atom. The number of thiazole rings is 1. The number of nitrogens with zero attached hydrogens (tertiary/aromatic N) is 1. The molecule has 2 N–H and O–H groups in total. The summed E-state index contributed by atoms with van der Waals surface area (Å²) in [6, 6.07) is 3.77.